The van der Waals surface area contributed by atoms with Gasteiger partial charge in [-0.1, -0.05) is 30.8 Å². The summed E-state index contributed by atoms with van der Waals surface area (Å²) in [6, 6.07) is 15.0. The third kappa shape index (κ3) is 4.67. The van der Waals surface area contributed by atoms with Gasteiger partial charge in [-0.3, -0.25) is 18.6 Å². The Labute approximate surface area is 189 Å². The Kier molecular flexibility index (Phi) is 6.55. The number of thioether (sulfide) groups is 1. The molecule has 8 nitrogen and oxygen atoms in total. The number of amides is 1. The summed E-state index contributed by atoms with van der Waals surface area (Å²) in [7, 11) is 0. The molecule has 0 bridgehead atoms. The number of carbonyl (C=O) groups is 1. The predicted molar refractivity (Wildman–Crippen MR) is 125 cm³/mol. The normalized spacial score (nSPS) is 10.9. The van der Waals surface area contributed by atoms with Crippen LogP contribution in [0.2, 0.25) is 0 Å². The van der Waals surface area contributed by atoms with E-state index in [1.165, 1.54) is 21.9 Å². The summed E-state index contributed by atoms with van der Waals surface area (Å²) in [5.74, 6) is 0.739. The first-order valence-corrected chi connectivity index (χ1v) is 11.3. The third-order valence-electron chi connectivity index (χ3n) is 4.84. The number of aryl methyl sites for hydroxylation is 1. The summed E-state index contributed by atoms with van der Waals surface area (Å²) < 4.78 is 8.54. The summed E-state index contributed by atoms with van der Waals surface area (Å²) >= 11 is 1.22. The summed E-state index contributed by atoms with van der Waals surface area (Å²) in [5, 5.41) is 11.5. The number of hydrogen-bond acceptors (Lipinski definition) is 6. The Morgan fingerprint density at radius 3 is 2.47 bits per heavy atom. The second-order valence-electron chi connectivity index (χ2n) is 6.96. The lowest BCUT2D eigenvalue weighted by Gasteiger charge is -2.08. The Hall–Kier alpha value is -3.59. The summed E-state index contributed by atoms with van der Waals surface area (Å²) in [4.78, 5) is 25.2. The van der Waals surface area contributed by atoms with E-state index in [0.717, 1.165) is 17.9 Å². The first-order chi connectivity index (χ1) is 15.6. The van der Waals surface area contributed by atoms with Crippen molar-refractivity contribution in [3.05, 3.63) is 76.8 Å². The highest BCUT2D eigenvalue weighted by molar-refractivity contribution is 7.99. The Bertz CT molecular complexity index is 1280. The molecule has 0 aliphatic carbocycles. The fourth-order valence-electron chi connectivity index (χ4n) is 3.19. The van der Waals surface area contributed by atoms with Gasteiger partial charge < -0.3 is 10.1 Å². The van der Waals surface area contributed by atoms with E-state index in [2.05, 4.69) is 22.4 Å². The van der Waals surface area contributed by atoms with Crippen molar-refractivity contribution in [1.82, 2.24) is 19.2 Å². The first kappa shape index (κ1) is 21.6. The lowest BCUT2D eigenvalue weighted by atomic mass is 10.1. The third-order valence-corrected chi connectivity index (χ3v) is 5.79. The zero-order chi connectivity index (χ0) is 22.5. The molecular formula is C23H23N5O3S. The summed E-state index contributed by atoms with van der Waals surface area (Å²) in [6.07, 6.45) is 4.33. The lowest BCUT2D eigenvalue weighted by molar-refractivity contribution is -0.113. The molecule has 2 aromatic heterocycles. The van der Waals surface area contributed by atoms with Gasteiger partial charge in [-0.05, 0) is 55.3 Å². The van der Waals surface area contributed by atoms with Crippen LogP contribution in [-0.4, -0.2) is 37.4 Å². The molecule has 0 atom stereocenters. The van der Waals surface area contributed by atoms with Crippen molar-refractivity contribution in [2.75, 3.05) is 17.7 Å². The minimum Gasteiger partial charge on any atom is -0.494 e. The van der Waals surface area contributed by atoms with Gasteiger partial charge in [0, 0.05) is 23.8 Å². The quantitative estimate of drug-likeness (QED) is 0.414. The molecule has 0 unspecified atom stereocenters. The highest BCUT2D eigenvalue weighted by Crippen LogP contribution is 2.18. The van der Waals surface area contributed by atoms with Crippen molar-refractivity contribution in [3.8, 4) is 11.4 Å². The lowest BCUT2D eigenvalue weighted by Crippen LogP contribution is -2.20. The second kappa shape index (κ2) is 9.69. The van der Waals surface area contributed by atoms with E-state index in [-0.39, 0.29) is 22.9 Å². The molecule has 0 fully saturated rings. The molecule has 0 aliphatic heterocycles. The molecule has 0 saturated heterocycles. The number of ether oxygens (including phenoxy) is 1. The maximum Gasteiger partial charge on any atom is 0.300 e. The minimum atomic E-state index is -0.295. The maximum absolute atomic E-state index is 12.9. The van der Waals surface area contributed by atoms with Gasteiger partial charge in [-0.25, -0.2) is 0 Å². The molecule has 0 spiro atoms. The zero-order valence-corrected chi connectivity index (χ0v) is 18.6. The predicted octanol–water partition coefficient (Wildman–Crippen LogP) is 3.57. The molecule has 1 N–H and O–H groups in total. The van der Waals surface area contributed by atoms with E-state index < -0.39 is 0 Å². The largest absolute Gasteiger partial charge is 0.494 e. The molecular weight excluding hydrogens is 426 g/mol. The van der Waals surface area contributed by atoms with Gasteiger partial charge in [0.1, 0.15) is 5.75 Å². The van der Waals surface area contributed by atoms with E-state index in [1.54, 1.807) is 16.8 Å². The minimum absolute atomic E-state index is 0.151. The van der Waals surface area contributed by atoms with Crippen molar-refractivity contribution in [2.45, 2.75) is 25.4 Å². The highest BCUT2D eigenvalue weighted by atomic mass is 32.2. The van der Waals surface area contributed by atoms with Crippen molar-refractivity contribution < 1.29 is 9.53 Å². The van der Waals surface area contributed by atoms with Crippen molar-refractivity contribution in [2.24, 2.45) is 0 Å². The summed E-state index contributed by atoms with van der Waals surface area (Å²) in [5.41, 5.74) is 2.56. The molecule has 2 heterocycles. The number of fused-ring (bicyclic) bond motifs is 1. The van der Waals surface area contributed by atoms with Crippen LogP contribution in [0.4, 0.5) is 5.69 Å². The number of rotatable bonds is 8. The van der Waals surface area contributed by atoms with Gasteiger partial charge in [0.25, 0.3) is 0 Å². The average molecular weight is 450 g/mol. The van der Waals surface area contributed by atoms with Crippen molar-refractivity contribution in [3.63, 3.8) is 0 Å². The second-order valence-corrected chi connectivity index (χ2v) is 7.91. The number of hydrogen-bond donors (Lipinski definition) is 1. The van der Waals surface area contributed by atoms with E-state index in [0.29, 0.717) is 17.5 Å². The van der Waals surface area contributed by atoms with Gasteiger partial charge >= 0.3 is 5.56 Å². The highest BCUT2D eigenvalue weighted by Gasteiger charge is 2.14. The van der Waals surface area contributed by atoms with Gasteiger partial charge in [-0.15, -0.1) is 10.2 Å². The van der Waals surface area contributed by atoms with E-state index >= 15 is 0 Å². The van der Waals surface area contributed by atoms with Crippen LogP contribution in [-0.2, 0) is 11.2 Å². The number of nitrogens with one attached hydrogen (secondary N) is 1. The van der Waals surface area contributed by atoms with Crippen LogP contribution < -0.4 is 15.6 Å². The standard InChI is InChI=1S/C23H23N5O3S/c1-3-16-5-7-17(8-6-16)24-20(29)15-32-23-26-25-21-22(30)27(13-14-28(21)23)18-9-11-19(12-10-18)31-4-2/h5-14H,3-4,15H2,1-2H3,(H,24,29). The van der Waals surface area contributed by atoms with Crippen molar-refractivity contribution >= 4 is 29.0 Å². The van der Waals surface area contributed by atoms with Crippen molar-refractivity contribution in [1.29, 1.82) is 0 Å². The first-order valence-electron chi connectivity index (χ1n) is 10.3. The smallest absolute Gasteiger partial charge is 0.300 e. The average Bonchev–Trinajstić information content (AvgIpc) is 3.23. The number of carbonyl (C=O) groups excluding carboxylic acids is 1. The Morgan fingerprint density at radius 2 is 1.78 bits per heavy atom. The Balaban J connectivity index is 1.46. The van der Waals surface area contributed by atoms with Crippen LogP contribution >= 0.6 is 11.8 Å². The summed E-state index contributed by atoms with van der Waals surface area (Å²) in [6.45, 7) is 4.58. The number of anilines is 1. The molecule has 0 aliphatic rings. The number of benzene rings is 2. The fourth-order valence-corrected chi connectivity index (χ4v) is 3.91. The van der Waals surface area contributed by atoms with Gasteiger partial charge in [-0.2, -0.15) is 0 Å². The molecule has 0 radical (unpaired) electrons. The van der Waals surface area contributed by atoms with Crippen LogP contribution in [0.15, 0.2) is 70.9 Å². The zero-order valence-electron chi connectivity index (χ0n) is 17.8. The molecule has 9 heteroatoms. The Morgan fingerprint density at radius 1 is 1.03 bits per heavy atom. The fraction of sp³-hybridized carbons (Fsp3) is 0.217. The van der Waals surface area contributed by atoms with Gasteiger partial charge in [0.15, 0.2) is 5.16 Å². The van der Waals surface area contributed by atoms with E-state index in [9.17, 15) is 9.59 Å². The van der Waals surface area contributed by atoms with Gasteiger partial charge in [0.2, 0.25) is 11.6 Å². The van der Waals surface area contributed by atoms with Crippen LogP contribution in [0, 0.1) is 0 Å². The molecule has 4 rings (SSSR count). The molecule has 0 saturated carbocycles. The number of nitrogens with zero attached hydrogens (tertiary/aromatic N) is 4. The SMILES string of the molecule is CCOc1ccc(-n2ccn3c(SCC(=O)Nc4ccc(CC)cc4)nnc3c2=O)cc1. The molecule has 32 heavy (non-hydrogen) atoms. The molecule has 4 aromatic rings. The number of aromatic nitrogens is 4. The molecule has 164 valence electrons. The van der Waals surface area contributed by atoms with Crippen LogP contribution in [0.3, 0.4) is 0 Å². The maximum atomic E-state index is 12.9. The van der Waals surface area contributed by atoms with E-state index in [1.807, 2.05) is 55.5 Å². The molecule has 2 aromatic carbocycles. The monoisotopic (exact) mass is 449 g/mol. The van der Waals surface area contributed by atoms with Gasteiger partial charge in [0.05, 0.1) is 12.4 Å². The van der Waals surface area contributed by atoms with E-state index in [4.69, 9.17) is 4.74 Å². The molecule has 1 amide bonds. The topological polar surface area (TPSA) is 90.5 Å². The van der Waals surface area contributed by atoms with Crippen LogP contribution in [0.1, 0.15) is 19.4 Å². The van der Waals surface area contributed by atoms with Crippen LogP contribution in [0.25, 0.3) is 11.3 Å². The van der Waals surface area contributed by atoms with Crippen LogP contribution in [0.5, 0.6) is 5.75 Å².